The lowest BCUT2D eigenvalue weighted by molar-refractivity contribution is 0.251. The largest absolute Gasteiger partial charge is 0.364 e. The van der Waals surface area contributed by atoms with Gasteiger partial charge in [-0.05, 0) is 29.6 Å². The average Bonchev–Trinajstić information content (AvgIpc) is 2.77. The molecule has 2 nitrogen and oxygen atoms in total. The predicted molar refractivity (Wildman–Crippen MR) is 82.3 cm³/mol. The van der Waals surface area contributed by atoms with Gasteiger partial charge in [-0.15, -0.1) is 0 Å². The van der Waals surface area contributed by atoms with Gasteiger partial charge in [0.05, 0.1) is 0 Å². The Morgan fingerprint density at radius 1 is 1.33 bits per heavy atom. The molecule has 0 aromatic carbocycles. The number of nitrogens with one attached hydrogen (secondary N) is 1. The van der Waals surface area contributed by atoms with Crippen LogP contribution in [0.1, 0.15) is 53.4 Å². The summed E-state index contributed by atoms with van der Waals surface area (Å²) in [6, 6.07) is 0. The van der Waals surface area contributed by atoms with Crippen LogP contribution in [0, 0.1) is 16.7 Å². The molecule has 0 saturated heterocycles. The van der Waals surface area contributed by atoms with E-state index in [-0.39, 0.29) is 0 Å². The minimum atomic E-state index is 0.339. The molecule has 1 heterocycles. The fourth-order valence-corrected chi connectivity index (χ4v) is 3.75. The first-order valence-electron chi connectivity index (χ1n) is 7.35. The van der Waals surface area contributed by atoms with Gasteiger partial charge in [0.2, 0.25) is 0 Å². The molecule has 1 N–H and O–H groups in total. The van der Waals surface area contributed by atoms with E-state index in [2.05, 4.69) is 33.0 Å². The van der Waals surface area contributed by atoms with Gasteiger partial charge in [0, 0.05) is 18.8 Å². The molecule has 0 aromatic rings. The number of rotatable bonds is 3. The zero-order valence-corrected chi connectivity index (χ0v) is 13.2. The highest BCUT2D eigenvalue weighted by atomic mass is 32.2. The van der Waals surface area contributed by atoms with Gasteiger partial charge >= 0.3 is 0 Å². The maximum atomic E-state index is 4.80. The van der Waals surface area contributed by atoms with E-state index in [0.29, 0.717) is 16.7 Å². The van der Waals surface area contributed by atoms with Gasteiger partial charge in [-0.2, -0.15) is 0 Å². The third-order valence-corrected chi connectivity index (χ3v) is 6.30. The van der Waals surface area contributed by atoms with Gasteiger partial charge in [-0.1, -0.05) is 52.3 Å². The van der Waals surface area contributed by atoms with Crippen LogP contribution in [0.4, 0.5) is 0 Å². The lowest BCUT2D eigenvalue weighted by Crippen LogP contribution is -2.39. The molecule has 1 fully saturated rings. The minimum absolute atomic E-state index is 0.339. The van der Waals surface area contributed by atoms with Crippen molar-refractivity contribution in [2.45, 2.75) is 53.4 Å². The zero-order valence-electron chi connectivity index (χ0n) is 12.4. The Labute approximate surface area is 116 Å². The lowest BCUT2D eigenvalue weighted by atomic mass is 9.81. The van der Waals surface area contributed by atoms with Crippen molar-refractivity contribution >= 4 is 16.9 Å². The monoisotopic (exact) mass is 268 g/mol. The molecule has 0 aromatic heterocycles. The molecular formula is C15H28N2S. The number of amidine groups is 1. The van der Waals surface area contributed by atoms with Crippen molar-refractivity contribution in [2.24, 2.45) is 21.7 Å². The first-order valence-corrected chi connectivity index (χ1v) is 8.33. The molecule has 2 rings (SSSR count). The molecule has 104 valence electrons. The molecule has 0 unspecified atom stereocenters. The smallest absolute Gasteiger partial charge is 0.156 e. The third kappa shape index (κ3) is 3.23. The highest BCUT2D eigenvalue weighted by Crippen LogP contribution is 2.43. The molecule has 0 radical (unpaired) electrons. The Hall–Kier alpha value is -0.180. The van der Waals surface area contributed by atoms with Gasteiger partial charge < -0.3 is 5.32 Å². The highest BCUT2D eigenvalue weighted by Gasteiger charge is 2.36. The van der Waals surface area contributed by atoms with Crippen LogP contribution in [0.15, 0.2) is 4.99 Å². The van der Waals surface area contributed by atoms with E-state index >= 15 is 0 Å². The molecule has 1 spiro atoms. The number of hydrogen-bond acceptors (Lipinski definition) is 3. The Kier molecular flexibility index (Phi) is 4.30. The molecule has 1 saturated carbocycles. The van der Waals surface area contributed by atoms with Crippen molar-refractivity contribution in [3.63, 3.8) is 0 Å². The van der Waals surface area contributed by atoms with Gasteiger partial charge in [-0.25, -0.2) is 0 Å². The van der Waals surface area contributed by atoms with Crippen LogP contribution in [0.25, 0.3) is 0 Å². The van der Waals surface area contributed by atoms with Gasteiger partial charge in [0.1, 0.15) is 0 Å². The van der Waals surface area contributed by atoms with Crippen molar-refractivity contribution in [1.82, 2.24) is 5.32 Å². The molecule has 0 atom stereocenters. The normalized spacial score (nSPS) is 23.5. The van der Waals surface area contributed by atoms with Crippen LogP contribution < -0.4 is 5.32 Å². The van der Waals surface area contributed by atoms with Crippen LogP contribution in [-0.4, -0.2) is 24.0 Å². The Morgan fingerprint density at radius 2 is 2.00 bits per heavy atom. The summed E-state index contributed by atoms with van der Waals surface area (Å²) < 4.78 is 0. The van der Waals surface area contributed by atoms with E-state index in [1.807, 2.05) is 11.8 Å². The quantitative estimate of drug-likeness (QED) is 0.839. The summed E-state index contributed by atoms with van der Waals surface area (Å²) in [6.07, 6.45) is 5.63. The molecule has 0 amide bonds. The fourth-order valence-electron chi connectivity index (χ4n) is 2.59. The van der Waals surface area contributed by atoms with Crippen LogP contribution >= 0.6 is 11.8 Å². The summed E-state index contributed by atoms with van der Waals surface area (Å²) in [6.45, 7) is 11.3. The molecule has 18 heavy (non-hydrogen) atoms. The molecule has 1 aliphatic carbocycles. The average molecular weight is 268 g/mol. The summed E-state index contributed by atoms with van der Waals surface area (Å²) in [7, 11) is 0. The SMILES string of the molecule is CC(C)C(C)(C)CNC1=NCC2(CCCC2)CS1. The van der Waals surface area contributed by atoms with E-state index in [4.69, 9.17) is 4.99 Å². The summed E-state index contributed by atoms with van der Waals surface area (Å²) in [5.74, 6) is 1.97. The van der Waals surface area contributed by atoms with Crippen molar-refractivity contribution in [2.75, 3.05) is 18.8 Å². The molecule has 1 aliphatic heterocycles. The summed E-state index contributed by atoms with van der Waals surface area (Å²) in [5, 5.41) is 4.74. The van der Waals surface area contributed by atoms with E-state index < -0.39 is 0 Å². The van der Waals surface area contributed by atoms with Crippen LogP contribution in [0.3, 0.4) is 0 Å². The maximum absolute atomic E-state index is 4.80. The predicted octanol–water partition coefficient (Wildman–Crippen LogP) is 3.92. The lowest BCUT2D eigenvalue weighted by Gasteiger charge is -2.34. The Balaban J connectivity index is 1.83. The number of nitrogens with zero attached hydrogens (tertiary/aromatic N) is 1. The number of thioether (sulfide) groups is 1. The third-order valence-electron chi connectivity index (χ3n) is 5.00. The molecular weight excluding hydrogens is 240 g/mol. The molecule has 3 heteroatoms. The highest BCUT2D eigenvalue weighted by molar-refractivity contribution is 8.13. The minimum Gasteiger partial charge on any atom is -0.364 e. The van der Waals surface area contributed by atoms with E-state index in [1.165, 1.54) is 36.6 Å². The first-order chi connectivity index (χ1) is 8.44. The van der Waals surface area contributed by atoms with E-state index in [1.54, 1.807) is 0 Å². The molecule has 2 aliphatic rings. The number of hydrogen-bond donors (Lipinski definition) is 1. The van der Waals surface area contributed by atoms with Crippen LogP contribution in [0.2, 0.25) is 0 Å². The Bertz CT molecular complexity index is 314. The fraction of sp³-hybridized carbons (Fsp3) is 0.933. The van der Waals surface area contributed by atoms with E-state index in [9.17, 15) is 0 Å². The standard InChI is InChI=1S/C15H28N2S/c1-12(2)14(3,4)9-16-13-17-10-15(11-18-13)7-5-6-8-15/h12H,5-11H2,1-4H3,(H,16,17). The number of aliphatic imine (C=N–C) groups is 1. The second-order valence-corrected chi connectivity index (χ2v) is 8.08. The van der Waals surface area contributed by atoms with Crippen LogP contribution in [0.5, 0.6) is 0 Å². The second-order valence-electron chi connectivity index (χ2n) is 7.11. The van der Waals surface area contributed by atoms with Crippen molar-refractivity contribution in [3.8, 4) is 0 Å². The van der Waals surface area contributed by atoms with Gasteiger partial charge in [-0.3, -0.25) is 4.99 Å². The van der Waals surface area contributed by atoms with Crippen molar-refractivity contribution < 1.29 is 0 Å². The van der Waals surface area contributed by atoms with Crippen molar-refractivity contribution in [1.29, 1.82) is 0 Å². The Morgan fingerprint density at radius 3 is 2.50 bits per heavy atom. The first kappa shape index (κ1) is 14.2. The topological polar surface area (TPSA) is 24.4 Å². The van der Waals surface area contributed by atoms with Crippen LogP contribution in [-0.2, 0) is 0 Å². The summed E-state index contributed by atoms with van der Waals surface area (Å²) in [5.41, 5.74) is 0.898. The zero-order chi connectivity index (χ0) is 13.2. The molecule has 0 bridgehead atoms. The summed E-state index contributed by atoms with van der Waals surface area (Å²) in [4.78, 5) is 4.80. The van der Waals surface area contributed by atoms with Crippen molar-refractivity contribution in [3.05, 3.63) is 0 Å². The maximum Gasteiger partial charge on any atom is 0.156 e. The van der Waals surface area contributed by atoms with Gasteiger partial charge in [0.25, 0.3) is 0 Å². The van der Waals surface area contributed by atoms with Gasteiger partial charge in [0.15, 0.2) is 5.17 Å². The second kappa shape index (κ2) is 5.44. The van der Waals surface area contributed by atoms with E-state index in [0.717, 1.165) is 13.1 Å². The summed E-state index contributed by atoms with van der Waals surface area (Å²) >= 11 is 1.95.